The van der Waals surface area contributed by atoms with Crippen molar-refractivity contribution in [2.24, 2.45) is 0 Å². The number of hydrogen-bond donors (Lipinski definition) is 1. The molecule has 1 N–H and O–H groups in total. The summed E-state index contributed by atoms with van der Waals surface area (Å²) in [6.07, 6.45) is 2.05. The standard InChI is InChI=1S/C8H7Cl2N3O/c9-6-3-5(7(10)13-12-6)8(14)11-4-1-2-4/h3-4H,1-2H2,(H,11,14). The van der Waals surface area contributed by atoms with Crippen LogP contribution in [0.15, 0.2) is 6.07 Å². The molecule has 1 aliphatic rings. The number of carbonyl (C=O) groups excluding carboxylic acids is 1. The van der Waals surface area contributed by atoms with Gasteiger partial charge in [0.15, 0.2) is 10.3 Å². The van der Waals surface area contributed by atoms with Gasteiger partial charge in [-0.1, -0.05) is 23.2 Å². The van der Waals surface area contributed by atoms with E-state index in [-0.39, 0.29) is 27.8 Å². The van der Waals surface area contributed by atoms with E-state index in [1.807, 2.05) is 0 Å². The van der Waals surface area contributed by atoms with Crippen LogP contribution in [0.2, 0.25) is 10.3 Å². The minimum Gasteiger partial charge on any atom is -0.349 e. The van der Waals surface area contributed by atoms with Crippen LogP contribution < -0.4 is 5.32 Å². The van der Waals surface area contributed by atoms with Crippen molar-refractivity contribution in [3.05, 3.63) is 21.9 Å². The molecule has 0 aromatic carbocycles. The second-order valence-electron chi connectivity index (χ2n) is 3.12. The Morgan fingerprint density at radius 3 is 2.79 bits per heavy atom. The number of hydrogen-bond acceptors (Lipinski definition) is 3. The normalized spacial score (nSPS) is 15.3. The van der Waals surface area contributed by atoms with Gasteiger partial charge in [0.1, 0.15) is 0 Å². The number of aromatic nitrogens is 2. The van der Waals surface area contributed by atoms with Gasteiger partial charge in [-0.05, 0) is 18.9 Å². The summed E-state index contributed by atoms with van der Waals surface area (Å²) < 4.78 is 0. The second kappa shape index (κ2) is 3.71. The Balaban J connectivity index is 2.20. The lowest BCUT2D eigenvalue weighted by Gasteiger charge is -2.03. The number of halogens is 2. The van der Waals surface area contributed by atoms with E-state index < -0.39 is 0 Å². The van der Waals surface area contributed by atoms with Crippen molar-refractivity contribution in [2.75, 3.05) is 0 Å². The average molecular weight is 232 g/mol. The summed E-state index contributed by atoms with van der Waals surface area (Å²) in [7, 11) is 0. The Hall–Kier alpha value is -0.870. The maximum absolute atomic E-state index is 11.5. The van der Waals surface area contributed by atoms with Crippen molar-refractivity contribution in [1.82, 2.24) is 15.5 Å². The molecule has 14 heavy (non-hydrogen) atoms. The van der Waals surface area contributed by atoms with Crippen molar-refractivity contribution in [3.63, 3.8) is 0 Å². The largest absolute Gasteiger partial charge is 0.349 e. The summed E-state index contributed by atoms with van der Waals surface area (Å²) in [6, 6.07) is 1.69. The smallest absolute Gasteiger partial charge is 0.254 e. The predicted octanol–water partition coefficient (Wildman–Crippen LogP) is 1.68. The maximum Gasteiger partial charge on any atom is 0.254 e. The molecular formula is C8H7Cl2N3O. The molecule has 1 aromatic rings. The zero-order valence-corrected chi connectivity index (χ0v) is 8.64. The number of nitrogens with one attached hydrogen (secondary N) is 1. The molecule has 0 atom stereocenters. The van der Waals surface area contributed by atoms with E-state index in [9.17, 15) is 4.79 Å². The topological polar surface area (TPSA) is 54.9 Å². The second-order valence-corrected chi connectivity index (χ2v) is 3.86. The molecule has 0 saturated heterocycles. The van der Waals surface area contributed by atoms with Crippen LogP contribution in [0.1, 0.15) is 23.2 Å². The highest BCUT2D eigenvalue weighted by Crippen LogP contribution is 2.21. The lowest BCUT2D eigenvalue weighted by Crippen LogP contribution is -2.26. The van der Waals surface area contributed by atoms with E-state index in [1.54, 1.807) is 0 Å². The van der Waals surface area contributed by atoms with Crippen LogP contribution >= 0.6 is 23.2 Å². The van der Waals surface area contributed by atoms with Crippen molar-refractivity contribution in [3.8, 4) is 0 Å². The molecule has 2 rings (SSSR count). The van der Waals surface area contributed by atoms with Gasteiger partial charge < -0.3 is 5.32 Å². The molecule has 0 spiro atoms. The van der Waals surface area contributed by atoms with E-state index >= 15 is 0 Å². The van der Waals surface area contributed by atoms with Crippen LogP contribution in [0.4, 0.5) is 0 Å². The van der Waals surface area contributed by atoms with E-state index in [2.05, 4.69) is 15.5 Å². The maximum atomic E-state index is 11.5. The molecule has 0 unspecified atom stereocenters. The van der Waals surface area contributed by atoms with Gasteiger partial charge in [-0.3, -0.25) is 4.79 Å². The summed E-state index contributed by atoms with van der Waals surface area (Å²) in [5.74, 6) is -0.241. The molecule has 74 valence electrons. The Morgan fingerprint density at radius 1 is 1.43 bits per heavy atom. The van der Waals surface area contributed by atoms with Gasteiger partial charge >= 0.3 is 0 Å². The first-order chi connectivity index (χ1) is 6.66. The predicted molar refractivity (Wildman–Crippen MR) is 52.5 cm³/mol. The lowest BCUT2D eigenvalue weighted by molar-refractivity contribution is 0.0950. The van der Waals surface area contributed by atoms with Crippen LogP contribution in [0.25, 0.3) is 0 Å². The minimum atomic E-state index is -0.241. The molecule has 1 saturated carbocycles. The van der Waals surface area contributed by atoms with Crippen LogP contribution in [-0.2, 0) is 0 Å². The fourth-order valence-electron chi connectivity index (χ4n) is 1.00. The Morgan fingerprint density at radius 2 is 2.14 bits per heavy atom. The molecular weight excluding hydrogens is 225 g/mol. The molecule has 1 heterocycles. The minimum absolute atomic E-state index is 0.0764. The number of nitrogens with zero attached hydrogens (tertiary/aromatic N) is 2. The Bertz CT molecular complexity index is 379. The highest BCUT2D eigenvalue weighted by atomic mass is 35.5. The fourth-order valence-corrected chi connectivity index (χ4v) is 1.33. The van der Waals surface area contributed by atoms with Gasteiger partial charge in [0.25, 0.3) is 5.91 Å². The molecule has 6 heteroatoms. The SMILES string of the molecule is O=C(NC1CC1)c1cc(Cl)nnc1Cl. The molecule has 1 aromatic heterocycles. The van der Waals surface area contributed by atoms with Gasteiger partial charge in [-0.25, -0.2) is 0 Å². The third-order valence-electron chi connectivity index (χ3n) is 1.88. The van der Waals surface area contributed by atoms with E-state index in [0.717, 1.165) is 12.8 Å². The molecule has 0 radical (unpaired) electrons. The zero-order chi connectivity index (χ0) is 10.1. The summed E-state index contributed by atoms with van der Waals surface area (Å²) in [5.41, 5.74) is 0.276. The third-order valence-corrected chi connectivity index (χ3v) is 2.34. The molecule has 1 fully saturated rings. The Labute approximate surface area is 90.6 Å². The first-order valence-corrected chi connectivity index (χ1v) is 4.92. The van der Waals surface area contributed by atoms with Gasteiger partial charge in [-0.2, -0.15) is 0 Å². The lowest BCUT2D eigenvalue weighted by atomic mass is 10.3. The first-order valence-electron chi connectivity index (χ1n) is 4.16. The first kappa shape index (κ1) is 9.68. The van der Waals surface area contributed by atoms with Gasteiger partial charge in [0.05, 0.1) is 5.56 Å². The third kappa shape index (κ3) is 2.13. The zero-order valence-electron chi connectivity index (χ0n) is 7.13. The molecule has 4 nitrogen and oxygen atoms in total. The van der Waals surface area contributed by atoms with Gasteiger partial charge in [0, 0.05) is 6.04 Å². The fraction of sp³-hybridized carbons (Fsp3) is 0.375. The van der Waals surface area contributed by atoms with Gasteiger partial charge in [0.2, 0.25) is 0 Å². The van der Waals surface area contributed by atoms with Crippen molar-refractivity contribution in [2.45, 2.75) is 18.9 Å². The monoisotopic (exact) mass is 231 g/mol. The number of carbonyl (C=O) groups is 1. The van der Waals surface area contributed by atoms with Gasteiger partial charge in [-0.15, -0.1) is 10.2 Å². The number of amides is 1. The Kier molecular flexibility index (Phi) is 2.56. The summed E-state index contributed by atoms with van der Waals surface area (Å²) in [6.45, 7) is 0. The van der Waals surface area contributed by atoms with Crippen molar-refractivity contribution in [1.29, 1.82) is 0 Å². The molecule has 0 bridgehead atoms. The van der Waals surface area contributed by atoms with E-state index in [4.69, 9.17) is 23.2 Å². The van der Waals surface area contributed by atoms with E-state index in [0.29, 0.717) is 0 Å². The summed E-state index contributed by atoms with van der Waals surface area (Å²) >= 11 is 11.3. The summed E-state index contributed by atoms with van der Waals surface area (Å²) in [5, 5.41) is 10.1. The van der Waals surface area contributed by atoms with Crippen LogP contribution in [0.5, 0.6) is 0 Å². The molecule has 1 amide bonds. The highest BCUT2D eigenvalue weighted by Gasteiger charge is 2.25. The van der Waals surface area contributed by atoms with Crippen LogP contribution in [-0.4, -0.2) is 22.1 Å². The quantitative estimate of drug-likeness (QED) is 0.843. The highest BCUT2D eigenvalue weighted by molar-refractivity contribution is 6.34. The molecule has 1 aliphatic carbocycles. The van der Waals surface area contributed by atoms with Crippen LogP contribution in [0.3, 0.4) is 0 Å². The van der Waals surface area contributed by atoms with Crippen molar-refractivity contribution < 1.29 is 4.79 Å². The molecule has 0 aliphatic heterocycles. The van der Waals surface area contributed by atoms with Crippen LogP contribution in [0, 0.1) is 0 Å². The average Bonchev–Trinajstić information content (AvgIpc) is 2.93. The number of rotatable bonds is 2. The summed E-state index contributed by atoms with van der Waals surface area (Å²) in [4.78, 5) is 11.5. The van der Waals surface area contributed by atoms with E-state index in [1.165, 1.54) is 6.07 Å². The van der Waals surface area contributed by atoms with Crippen molar-refractivity contribution >= 4 is 29.1 Å².